The molecule has 0 aliphatic carbocycles. The van der Waals surface area contributed by atoms with Crippen molar-refractivity contribution >= 4 is 12.1 Å². The predicted octanol–water partition coefficient (Wildman–Crippen LogP) is 4.20. The van der Waals surface area contributed by atoms with Crippen molar-refractivity contribution < 1.29 is 33.6 Å². The Morgan fingerprint density at radius 1 is 1.03 bits per heavy atom. The van der Waals surface area contributed by atoms with Crippen molar-refractivity contribution in [3.05, 3.63) is 53.6 Å². The molecule has 2 aliphatic rings. The molecule has 8 heteroatoms. The van der Waals surface area contributed by atoms with Crippen LogP contribution in [0.5, 0.6) is 17.2 Å². The maximum absolute atomic E-state index is 13.1. The number of hydrogen-bond acceptors (Lipinski definition) is 6. The highest BCUT2D eigenvalue weighted by atomic mass is 16.7. The third-order valence-electron chi connectivity index (χ3n) is 5.70. The Bertz CT molecular complexity index is 1010. The van der Waals surface area contributed by atoms with Gasteiger partial charge in [0.15, 0.2) is 11.5 Å². The first-order valence-electron chi connectivity index (χ1n) is 10.4. The fourth-order valence-corrected chi connectivity index (χ4v) is 4.31. The molecule has 3 atom stereocenters. The van der Waals surface area contributed by atoms with E-state index in [9.17, 15) is 14.7 Å². The minimum atomic E-state index is -0.987. The van der Waals surface area contributed by atoms with Crippen molar-refractivity contribution in [2.75, 3.05) is 20.4 Å². The number of aliphatic carboxylic acids is 1. The number of likely N-dealkylation sites (tertiary alicyclic amines) is 1. The number of fused-ring (bicyclic) bond motifs is 1. The summed E-state index contributed by atoms with van der Waals surface area (Å²) in [5, 5.41) is 10.2. The van der Waals surface area contributed by atoms with Crippen molar-refractivity contribution in [3.63, 3.8) is 0 Å². The number of carbonyl (C=O) groups excluding carboxylic acids is 1. The molecule has 4 rings (SSSR count). The van der Waals surface area contributed by atoms with Crippen LogP contribution in [0.1, 0.15) is 43.9 Å². The monoisotopic (exact) mass is 441 g/mol. The normalized spacial score (nSPS) is 22.0. The zero-order valence-corrected chi connectivity index (χ0v) is 18.5. The fraction of sp³-hybridized carbons (Fsp3) is 0.417. The van der Waals surface area contributed by atoms with Crippen LogP contribution in [0.4, 0.5) is 4.79 Å². The van der Waals surface area contributed by atoms with E-state index in [-0.39, 0.29) is 13.3 Å². The molecule has 1 unspecified atom stereocenters. The van der Waals surface area contributed by atoms with E-state index in [1.807, 2.05) is 6.07 Å². The number of hydrogen-bond donors (Lipinski definition) is 1. The Labute approximate surface area is 186 Å². The second-order valence-electron chi connectivity index (χ2n) is 8.93. The summed E-state index contributed by atoms with van der Waals surface area (Å²) < 4.78 is 21.7. The van der Waals surface area contributed by atoms with Crippen LogP contribution in [0.3, 0.4) is 0 Å². The summed E-state index contributed by atoms with van der Waals surface area (Å²) in [5.41, 5.74) is 0.760. The minimum Gasteiger partial charge on any atom is -0.497 e. The standard InChI is InChI=1S/C24H27NO7/c1-24(2,3)32-23(28)25-12-17(15-7-10-18-19(11-15)31-13-30-18)20(22(26)27)21(25)14-5-8-16(29-4)9-6-14/h5-11,17,20-21H,12-13H2,1-4H3,(H,26,27)/t17-,20-,21?/m1/s1. The summed E-state index contributed by atoms with van der Waals surface area (Å²) in [6, 6.07) is 11.8. The molecule has 2 heterocycles. The number of amides is 1. The van der Waals surface area contributed by atoms with Gasteiger partial charge in [0.2, 0.25) is 6.79 Å². The lowest BCUT2D eigenvalue weighted by Gasteiger charge is -2.30. The van der Waals surface area contributed by atoms with E-state index >= 15 is 0 Å². The smallest absolute Gasteiger partial charge is 0.410 e. The van der Waals surface area contributed by atoms with Gasteiger partial charge in [-0.2, -0.15) is 0 Å². The van der Waals surface area contributed by atoms with Gasteiger partial charge in [-0.1, -0.05) is 18.2 Å². The van der Waals surface area contributed by atoms with Gasteiger partial charge >= 0.3 is 12.1 Å². The van der Waals surface area contributed by atoms with Gasteiger partial charge in [0.05, 0.1) is 19.1 Å². The van der Waals surface area contributed by atoms with E-state index < -0.39 is 35.5 Å². The van der Waals surface area contributed by atoms with Gasteiger partial charge < -0.3 is 24.1 Å². The zero-order chi connectivity index (χ0) is 23.0. The average Bonchev–Trinajstić information content (AvgIpc) is 3.36. The maximum Gasteiger partial charge on any atom is 0.410 e. The molecule has 0 bridgehead atoms. The quantitative estimate of drug-likeness (QED) is 0.760. The van der Waals surface area contributed by atoms with E-state index in [0.29, 0.717) is 22.8 Å². The molecule has 1 fully saturated rings. The van der Waals surface area contributed by atoms with Crippen LogP contribution in [0.2, 0.25) is 0 Å². The molecule has 2 aromatic carbocycles. The van der Waals surface area contributed by atoms with Gasteiger partial charge in [-0.15, -0.1) is 0 Å². The number of nitrogens with zero attached hydrogens (tertiary/aromatic N) is 1. The van der Waals surface area contributed by atoms with Crippen LogP contribution in [0, 0.1) is 5.92 Å². The van der Waals surface area contributed by atoms with Crippen molar-refractivity contribution in [1.29, 1.82) is 0 Å². The lowest BCUT2D eigenvalue weighted by atomic mass is 9.83. The Morgan fingerprint density at radius 3 is 2.31 bits per heavy atom. The van der Waals surface area contributed by atoms with Gasteiger partial charge in [-0.25, -0.2) is 4.79 Å². The molecule has 0 radical (unpaired) electrons. The number of benzene rings is 2. The third kappa shape index (κ3) is 4.17. The highest BCUT2D eigenvalue weighted by Gasteiger charge is 2.50. The number of ether oxygens (including phenoxy) is 4. The first-order valence-corrected chi connectivity index (χ1v) is 10.4. The molecule has 32 heavy (non-hydrogen) atoms. The summed E-state index contributed by atoms with van der Waals surface area (Å²) in [7, 11) is 1.56. The molecular formula is C24H27NO7. The molecule has 2 aromatic rings. The number of carboxylic acids is 1. The van der Waals surface area contributed by atoms with E-state index in [1.165, 1.54) is 4.90 Å². The first-order chi connectivity index (χ1) is 15.2. The molecule has 2 aliphatic heterocycles. The molecule has 1 saturated heterocycles. The molecule has 0 saturated carbocycles. The highest BCUT2D eigenvalue weighted by molar-refractivity contribution is 5.77. The van der Waals surface area contributed by atoms with Crippen molar-refractivity contribution in [1.82, 2.24) is 4.90 Å². The zero-order valence-electron chi connectivity index (χ0n) is 18.5. The second kappa shape index (κ2) is 8.26. The molecule has 8 nitrogen and oxygen atoms in total. The van der Waals surface area contributed by atoms with Gasteiger partial charge in [-0.05, 0) is 56.2 Å². The number of methoxy groups -OCH3 is 1. The number of carboxylic acid groups (broad SMARTS) is 1. The molecular weight excluding hydrogens is 414 g/mol. The van der Waals surface area contributed by atoms with Crippen molar-refractivity contribution in [2.24, 2.45) is 5.92 Å². The predicted molar refractivity (Wildman–Crippen MR) is 115 cm³/mol. The number of rotatable bonds is 4. The molecule has 1 amide bonds. The topological polar surface area (TPSA) is 94.5 Å². The average molecular weight is 441 g/mol. The third-order valence-corrected chi connectivity index (χ3v) is 5.70. The molecule has 1 N–H and O–H groups in total. The van der Waals surface area contributed by atoms with Gasteiger partial charge in [0, 0.05) is 12.5 Å². The van der Waals surface area contributed by atoms with E-state index in [4.69, 9.17) is 18.9 Å². The lowest BCUT2D eigenvalue weighted by Crippen LogP contribution is -2.38. The fourth-order valence-electron chi connectivity index (χ4n) is 4.31. The van der Waals surface area contributed by atoms with Crippen LogP contribution >= 0.6 is 0 Å². The van der Waals surface area contributed by atoms with Gasteiger partial charge in [0.25, 0.3) is 0 Å². The minimum absolute atomic E-state index is 0.129. The summed E-state index contributed by atoms with van der Waals surface area (Å²) in [4.78, 5) is 27.2. The molecule has 0 spiro atoms. The van der Waals surface area contributed by atoms with E-state index in [1.54, 1.807) is 64.3 Å². The maximum atomic E-state index is 13.1. The second-order valence-corrected chi connectivity index (χ2v) is 8.93. The van der Waals surface area contributed by atoms with Gasteiger partial charge in [-0.3, -0.25) is 9.69 Å². The number of carbonyl (C=O) groups is 2. The van der Waals surface area contributed by atoms with E-state index in [2.05, 4.69) is 0 Å². The lowest BCUT2D eigenvalue weighted by molar-refractivity contribution is -0.143. The van der Waals surface area contributed by atoms with Gasteiger partial charge in [0.1, 0.15) is 11.4 Å². The highest BCUT2D eigenvalue weighted by Crippen LogP contribution is 2.48. The Balaban J connectivity index is 1.76. The Hall–Kier alpha value is -3.42. The Kier molecular flexibility index (Phi) is 5.62. The summed E-state index contributed by atoms with van der Waals surface area (Å²) in [5.74, 6) is -0.482. The molecule has 0 aromatic heterocycles. The van der Waals surface area contributed by atoms with Crippen molar-refractivity contribution in [2.45, 2.75) is 38.3 Å². The van der Waals surface area contributed by atoms with Crippen LogP contribution in [0.15, 0.2) is 42.5 Å². The van der Waals surface area contributed by atoms with E-state index in [0.717, 1.165) is 5.56 Å². The van der Waals surface area contributed by atoms with Crippen LogP contribution in [-0.4, -0.2) is 48.1 Å². The molecule has 170 valence electrons. The van der Waals surface area contributed by atoms with Crippen LogP contribution in [-0.2, 0) is 9.53 Å². The SMILES string of the molecule is COc1ccc(C2[C@H](C(=O)O)[C@@H](c3ccc4c(c3)OCO4)CN2C(=O)OC(C)(C)C)cc1. The summed E-state index contributed by atoms with van der Waals surface area (Å²) in [6.45, 7) is 5.68. The van der Waals surface area contributed by atoms with Crippen LogP contribution < -0.4 is 14.2 Å². The van der Waals surface area contributed by atoms with Crippen LogP contribution in [0.25, 0.3) is 0 Å². The van der Waals surface area contributed by atoms with Crippen molar-refractivity contribution in [3.8, 4) is 17.2 Å². The largest absolute Gasteiger partial charge is 0.497 e. The summed E-state index contributed by atoms with van der Waals surface area (Å²) >= 11 is 0. The summed E-state index contributed by atoms with van der Waals surface area (Å²) in [6.07, 6.45) is -0.548. The Morgan fingerprint density at radius 2 is 1.69 bits per heavy atom. The first kappa shape index (κ1) is 21.8.